The van der Waals surface area contributed by atoms with E-state index in [0.29, 0.717) is 5.92 Å². The Hall–Kier alpha value is -1.84. The van der Waals surface area contributed by atoms with Gasteiger partial charge in [-0.05, 0) is 30.9 Å². The van der Waals surface area contributed by atoms with E-state index in [1.54, 1.807) is 0 Å². The molecule has 2 N–H and O–H groups in total. The molecule has 0 radical (unpaired) electrons. The molecule has 1 heterocycles. The molecule has 0 bridgehead atoms. The van der Waals surface area contributed by atoms with Crippen molar-refractivity contribution >= 4 is 17.0 Å². The van der Waals surface area contributed by atoms with E-state index < -0.39 is 5.97 Å². The Morgan fingerprint density at radius 2 is 2.29 bits per heavy atom. The lowest BCUT2D eigenvalue weighted by Gasteiger charge is -1.95. The van der Waals surface area contributed by atoms with Gasteiger partial charge in [-0.15, -0.1) is 0 Å². The number of imidazole rings is 1. The number of carboxylic acids is 1. The fourth-order valence-electron chi connectivity index (χ4n) is 2.32. The number of aliphatic carboxylic acids is 1. The molecule has 2 atom stereocenters. The van der Waals surface area contributed by atoms with Crippen LogP contribution in [0, 0.1) is 11.8 Å². The SMILES string of the molecule is O=C(O)[C@@H]1C[C@H]1CCc1nc2ccccc2[nH]1. The normalized spacial score (nSPS) is 22.8. The van der Waals surface area contributed by atoms with Crippen LogP contribution in [0.4, 0.5) is 0 Å². The summed E-state index contributed by atoms with van der Waals surface area (Å²) in [4.78, 5) is 18.4. The van der Waals surface area contributed by atoms with Crippen LogP contribution in [-0.4, -0.2) is 21.0 Å². The minimum atomic E-state index is -0.653. The van der Waals surface area contributed by atoms with Crippen molar-refractivity contribution < 1.29 is 9.90 Å². The summed E-state index contributed by atoms with van der Waals surface area (Å²) in [7, 11) is 0. The summed E-state index contributed by atoms with van der Waals surface area (Å²) in [5.74, 6) is 0.543. The van der Waals surface area contributed by atoms with E-state index in [1.165, 1.54) is 0 Å². The van der Waals surface area contributed by atoms with Crippen molar-refractivity contribution in [1.29, 1.82) is 0 Å². The molecule has 2 aromatic rings. The Morgan fingerprint density at radius 3 is 3.00 bits per heavy atom. The number of carbonyl (C=O) groups is 1. The fourth-order valence-corrected chi connectivity index (χ4v) is 2.32. The number of H-pyrrole nitrogens is 1. The van der Waals surface area contributed by atoms with E-state index in [9.17, 15) is 4.79 Å². The van der Waals surface area contributed by atoms with Gasteiger partial charge in [-0.3, -0.25) is 4.79 Å². The lowest BCUT2D eigenvalue weighted by atomic mass is 10.2. The number of aryl methyl sites for hydroxylation is 1. The van der Waals surface area contributed by atoms with Crippen LogP contribution >= 0.6 is 0 Å². The summed E-state index contributed by atoms with van der Waals surface area (Å²) in [5.41, 5.74) is 2.03. The maximum absolute atomic E-state index is 10.7. The van der Waals surface area contributed by atoms with Gasteiger partial charge in [0, 0.05) is 6.42 Å². The van der Waals surface area contributed by atoms with Crippen molar-refractivity contribution in [1.82, 2.24) is 9.97 Å². The summed E-state index contributed by atoms with van der Waals surface area (Å²) >= 11 is 0. The standard InChI is InChI=1S/C13H14N2O2/c16-13(17)9-7-8(9)5-6-12-14-10-3-1-2-4-11(10)15-12/h1-4,8-9H,5-7H2,(H,14,15)(H,16,17)/t8-,9-/m1/s1. The van der Waals surface area contributed by atoms with E-state index >= 15 is 0 Å². The monoisotopic (exact) mass is 230 g/mol. The predicted molar refractivity (Wildman–Crippen MR) is 63.6 cm³/mol. The molecule has 17 heavy (non-hydrogen) atoms. The van der Waals surface area contributed by atoms with Crippen LogP contribution in [0.1, 0.15) is 18.7 Å². The Balaban J connectivity index is 1.64. The number of carboxylic acid groups (broad SMARTS) is 1. The molecule has 0 spiro atoms. The summed E-state index contributed by atoms with van der Waals surface area (Å²) in [6.45, 7) is 0. The van der Waals surface area contributed by atoms with E-state index in [0.717, 1.165) is 36.1 Å². The number of fused-ring (bicyclic) bond motifs is 1. The van der Waals surface area contributed by atoms with Gasteiger partial charge in [-0.2, -0.15) is 0 Å². The topological polar surface area (TPSA) is 66.0 Å². The largest absolute Gasteiger partial charge is 0.481 e. The molecule has 1 aliphatic carbocycles. The molecule has 4 heteroatoms. The van der Waals surface area contributed by atoms with Crippen LogP contribution in [0.15, 0.2) is 24.3 Å². The summed E-state index contributed by atoms with van der Waals surface area (Å²) in [6.07, 6.45) is 2.58. The summed E-state index contributed by atoms with van der Waals surface area (Å²) in [6, 6.07) is 7.93. The molecular weight excluding hydrogens is 216 g/mol. The number of rotatable bonds is 4. The van der Waals surface area contributed by atoms with Crippen molar-refractivity contribution in [2.24, 2.45) is 11.8 Å². The van der Waals surface area contributed by atoms with Crippen LogP contribution in [-0.2, 0) is 11.2 Å². The smallest absolute Gasteiger partial charge is 0.306 e. The van der Waals surface area contributed by atoms with Crippen LogP contribution in [0.5, 0.6) is 0 Å². The van der Waals surface area contributed by atoms with Gasteiger partial charge in [0.2, 0.25) is 0 Å². The Labute approximate surface area is 98.7 Å². The van der Waals surface area contributed by atoms with Crippen molar-refractivity contribution in [3.8, 4) is 0 Å². The van der Waals surface area contributed by atoms with Gasteiger partial charge < -0.3 is 10.1 Å². The highest BCUT2D eigenvalue weighted by atomic mass is 16.4. The van der Waals surface area contributed by atoms with E-state index in [-0.39, 0.29) is 5.92 Å². The molecule has 1 aliphatic rings. The number of hydrogen-bond donors (Lipinski definition) is 2. The zero-order chi connectivity index (χ0) is 11.8. The van der Waals surface area contributed by atoms with Gasteiger partial charge >= 0.3 is 5.97 Å². The predicted octanol–water partition coefficient (Wildman–Crippen LogP) is 2.22. The van der Waals surface area contributed by atoms with E-state index in [1.807, 2.05) is 24.3 Å². The Bertz CT molecular complexity index is 528. The van der Waals surface area contributed by atoms with E-state index in [4.69, 9.17) is 5.11 Å². The van der Waals surface area contributed by atoms with Gasteiger partial charge in [0.15, 0.2) is 0 Å². The Kier molecular flexibility index (Phi) is 2.35. The third kappa shape index (κ3) is 2.02. The number of nitrogens with one attached hydrogen (secondary N) is 1. The molecule has 1 aromatic heterocycles. The lowest BCUT2D eigenvalue weighted by Crippen LogP contribution is -2.00. The van der Waals surface area contributed by atoms with Crippen molar-refractivity contribution in [3.63, 3.8) is 0 Å². The fraction of sp³-hybridized carbons (Fsp3) is 0.385. The zero-order valence-corrected chi connectivity index (χ0v) is 9.39. The maximum atomic E-state index is 10.7. The minimum Gasteiger partial charge on any atom is -0.481 e. The van der Waals surface area contributed by atoms with Crippen molar-refractivity contribution in [2.75, 3.05) is 0 Å². The van der Waals surface area contributed by atoms with Crippen LogP contribution < -0.4 is 0 Å². The number of aromatic nitrogens is 2. The molecule has 1 fully saturated rings. The Morgan fingerprint density at radius 1 is 1.47 bits per heavy atom. The summed E-state index contributed by atoms with van der Waals surface area (Å²) < 4.78 is 0. The first-order chi connectivity index (χ1) is 8.24. The highest BCUT2D eigenvalue weighted by Gasteiger charge is 2.42. The summed E-state index contributed by atoms with van der Waals surface area (Å²) in [5, 5.41) is 8.81. The third-order valence-electron chi connectivity index (χ3n) is 3.43. The number of aromatic amines is 1. The second kappa shape index (κ2) is 3.87. The highest BCUT2D eigenvalue weighted by molar-refractivity contribution is 5.75. The number of hydrogen-bond acceptors (Lipinski definition) is 2. The number of benzene rings is 1. The highest BCUT2D eigenvalue weighted by Crippen LogP contribution is 2.41. The number of para-hydroxylation sites is 2. The van der Waals surface area contributed by atoms with Gasteiger partial charge in [0.25, 0.3) is 0 Å². The van der Waals surface area contributed by atoms with Crippen molar-refractivity contribution in [2.45, 2.75) is 19.3 Å². The third-order valence-corrected chi connectivity index (χ3v) is 3.43. The molecule has 1 aromatic carbocycles. The molecule has 4 nitrogen and oxygen atoms in total. The second-order valence-electron chi connectivity index (χ2n) is 4.68. The maximum Gasteiger partial charge on any atom is 0.306 e. The first-order valence-electron chi connectivity index (χ1n) is 5.90. The van der Waals surface area contributed by atoms with Gasteiger partial charge in [-0.25, -0.2) is 4.98 Å². The molecule has 0 amide bonds. The molecule has 88 valence electrons. The van der Waals surface area contributed by atoms with Crippen molar-refractivity contribution in [3.05, 3.63) is 30.1 Å². The zero-order valence-electron chi connectivity index (χ0n) is 9.39. The molecule has 0 aliphatic heterocycles. The van der Waals surface area contributed by atoms with E-state index in [2.05, 4.69) is 9.97 Å². The molecule has 1 saturated carbocycles. The van der Waals surface area contributed by atoms with Crippen LogP contribution in [0.2, 0.25) is 0 Å². The van der Waals surface area contributed by atoms with Gasteiger partial charge in [-0.1, -0.05) is 12.1 Å². The van der Waals surface area contributed by atoms with Gasteiger partial charge in [0.05, 0.1) is 17.0 Å². The molecule has 0 unspecified atom stereocenters. The molecule has 0 saturated heterocycles. The number of nitrogens with zero attached hydrogens (tertiary/aromatic N) is 1. The van der Waals surface area contributed by atoms with Crippen LogP contribution in [0.3, 0.4) is 0 Å². The average molecular weight is 230 g/mol. The molecule has 3 rings (SSSR count). The first kappa shape index (κ1) is 10.3. The van der Waals surface area contributed by atoms with Crippen LogP contribution in [0.25, 0.3) is 11.0 Å². The average Bonchev–Trinajstić information content (AvgIpc) is 2.98. The molecular formula is C13H14N2O2. The lowest BCUT2D eigenvalue weighted by molar-refractivity contribution is -0.138. The van der Waals surface area contributed by atoms with Gasteiger partial charge in [0.1, 0.15) is 5.82 Å². The first-order valence-corrected chi connectivity index (χ1v) is 5.90. The minimum absolute atomic E-state index is 0.112. The second-order valence-corrected chi connectivity index (χ2v) is 4.68. The quantitative estimate of drug-likeness (QED) is 0.846.